The molecule has 3 aromatic rings. The minimum Gasteiger partial charge on any atom is -0.454 e. The van der Waals surface area contributed by atoms with E-state index in [2.05, 4.69) is 10.5 Å². The number of hydrogen-bond acceptors (Lipinski definition) is 5. The van der Waals surface area contributed by atoms with Crippen LogP contribution >= 0.6 is 0 Å². The summed E-state index contributed by atoms with van der Waals surface area (Å²) >= 11 is 0. The molecule has 0 saturated carbocycles. The molecule has 0 bridgehead atoms. The van der Waals surface area contributed by atoms with Gasteiger partial charge in [-0.2, -0.15) is 0 Å². The summed E-state index contributed by atoms with van der Waals surface area (Å²) in [6.45, 7) is 2.13. The SMILES string of the molecule is Cc1onc(-c2cccc(F)c2)c1C(=O)NCc1ccc2c(c1)OCO2. The smallest absolute Gasteiger partial charge is 0.257 e. The number of fused-ring (bicyclic) bond motifs is 1. The molecule has 0 atom stereocenters. The van der Waals surface area contributed by atoms with Gasteiger partial charge in [-0.15, -0.1) is 0 Å². The molecule has 1 aliphatic heterocycles. The maximum Gasteiger partial charge on any atom is 0.257 e. The monoisotopic (exact) mass is 354 g/mol. The van der Waals surface area contributed by atoms with E-state index in [4.69, 9.17) is 14.0 Å². The van der Waals surface area contributed by atoms with Crippen LogP contribution in [0.4, 0.5) is 4.39 Å². The van der Waals surface area contributed by atoms with Crippen LogP contribution in [0.15, 0.2) is 47.0 Å². The van der Waals surface area contributed by atoms with Gasteiger partial charge in [-0.25, -0.2) is 4.39 Å². The third-order valence-electron chi connectivity index (χ3n) is 4.08. The quantitative estimate of drug-likeness (QED) is 0.777. The van der Waals surface area contributed by atoms with E-state index in [9.17, 15) is 9.18 Å². The van der Waals surface area contributed by atoms with Crippen LogP contribution in [0.3, 0.4) is 0 Å². The molecular formula is C19H15FN2O4. The van der Waals surface area contributed by atoms with Gasteiger partial charge in [0.25, 0.3) is 5.91 Å². The summed E-state index contributed by atoms with van der Waals surface area (Å²) in [6.07, 6.45) is 0. The molecule has 4 rings (SSSR count). The first-order valence-corrected chi connectivity index (χ1v) is 8.01. The zero-order valence-corrected chi connectivity index (χ0v) is 13.9. The van der Waals surface area contributed by atoms with E-state index in [-0.39, 0.29) is 18.3 Å². The lowest BCUT2D eigenvalue weighted by atomic mass is 10.1. The van der Waals surface area contributed by atoms with E-state index >= 15 is 0 Å². The summed E-state index contributed by atoms with van der Waals surface area (Å²) in [5.41, 5.74) is 1.95. The summed E-state index contributed by atoms with van der Waals surface area (Å²) in [5, 5.41) is 6.74. The van der Waals surface area contributed by atoms with Crippen LogP contribution in [0.25, 0.3) is 11.3 Å². The van der Waals surface area contributed by atoms with Gasteiger partial charge in [-0.1, -0.05) is 23.4 Å². The molecule has 132 valence electrons. The van der Waals surface area contributed by atoms with E-state index in [0.717, 1.165) is 5.56 Å². The van der Waals surface area contributed by atoms with Crippen molar-refractivity contribution >= 4 is 5.91 Å². The molecule has 2 heterocycles. The highest BCUT2D eigenvalue weighted by Crippen LogP contribution is 2.32. The number of aromatic nitrogens is 1. The van der Waals surface area contributed by atoms with Crippen LogP contribution in [0.1, 0.15) is 21.7 Å². The number of rotatable bonds is 4. The number of amides is 1. The lowest BCUT2D eigenvalue weighted by molar-refractivity contribution is 0.0950. The Labute approximate surface area is 148 Å². The number of halogens is 1. The predicted octanol–water partition coefficient (Wildman–Crippen LogP) is 3.45. The average Bonchev–Trinajstić information content (AvgIpc) is 3.25. The minimum atomic E-state index is -0.408. The third-order valence-corrected chi connectivity index (χ3v) is 4.08. The van der Waals surface area contributed by atoms with Gasteiger partial charge < -0.3 is 19.3 Å². The Bertz CT molecular complexity index is 983. The van der Waals surface area contributed by atoms with Crippen molar-refractivity contribution in [3.8, 4) is 22.8 Å². The van der Waals surface area contributed by atoms with Crippen molar-refractivity contribution in [1.82, 2.24) is 10.5 Å². The Balaban J connectivity index is 1.54. The number of carbonyl (C=O) groups excluding carboxylic acids is 1. The predicted molar refractivity (Wildman–Crippen MR) is 90.4 cm³/mol. The summed E-state index contributed by atoms with van der Waals surface area (Å²) in [6, 6.07) is 11.3. The van der Waals surface area contributed by atoms with Crippen molar-refractivity contribution in [3.05, 3.63) is 65.2 Å². The van der Waals surface area contributed by atoms with Crippen LogP contribution in [-0.2, 0) is 6.54 Å². The minimum absolute atomic E-state index is 0.196. The van der Waals surface area contributed by atoms with Crippen molar-refractivity contribution in [2.24, 2.45) is 0 Å². The fourth-order valence-corrected chi connectivity index (χ4v) is 2.79. The van der Waals surface area contributed by atoms with Gasteiger partial charge in [0.05, 0.1) is 0 Å². The molecule has 0 unspecified atom stereocenters. The van der Waals surface area contributed by atoms with E-state index in [1.807, 2.05) is 12.1 Å². The summed E-state index contributed by atoms with van der Waals surface area (Å²) in [7, 11) is 0. The second-order valence-corrected chi connectivity index (χ2v) is 5.84. The molecular weight excluding hydrogens is 339 g/mol. The van der Waals surface area contributed by atoms with E-state index in [1.54, 1.807) is 25.1 Å². The number of carbonyl (C=O) groups is 1. The Hall–Kier alpha value is -3.35. The number of ether oxygens (including phenoxy) is 2. The highest BCUT2D eigenvalue weighted by Gasteiger charge is 2.22. The zero-order chi connectivity index (χ0) is 18.1. The number of nitrogens with one attached hydrogen (secondary N) is 1. The Morgan fingerprint density at radius 2 is 2.04 bits per heavy atom. The van der Waals surface area contributed by atoms with Crippen molar-refractivity contribution in [1.29, 1.82) is 0 Å². The van der Waals surface area contributed by atoms with Gasteiger partial charge in [0.15, 0.2) is 11.5 Å². The Kier molecular flexibility index (Phi) is 4.04. The standard InChI is InChI=1S/C19H15FN2O4/c1-11-17(18(22-26-11)13-3-2-4-14(20)8-13)19(23)21-9-12-5-6-15-16(7-12)25-10-24-15/h2-8H,9-10H2,1H3,(H,21,23). The Morgan fingerprint density at radius 3 is 2.88 bits per heavy atom. The van der Waals surface area contributed by atoms with E-state index in [0.29, 0.717) is 35.1 Å². The number of nitrogens with zero attached hydrogens (tertiary/aromatic N) is 1. The van der Waals surface area contributed by atoms with E-state index < -0.39 is 5.82 Å². The molecule has 1 N–H and O–H groups in total. The lowest BCUT2D eigenvalue weighted by Gasteiger charge is -2.07. The van der Waals surface area contributed by atoms with Gasteiger partial charge in [-0.3, -0.25) is 4.79 Å². The maximum atomic E-state index is 13.5. The molecule has 7 heteroatoms. The fourth-order valence-electron chi connectivity index (χ4n) is 2.79. The largest absolute Gasteiger partial charge is 0.454 e. The number of benzene rings is 2. The molecule has 2 aromatic carbocycles. The Morgan fingerprint density at radius 1 is 1.19 bits per heavy atom. The summed E-state index contributed by atoms with van der Waals surface area (Å²) in [4.78, 5) is 12.7. The molecule has 0 fully saturated rings. The average molecular weight is 354 g/mol. The highest BCUT2D eigenvalue weighted by atomic mass is 19.1. The van der Waals surface area contributed by atoms with Gasteiger partial charge in [0, 0.05) is 12.1 Å². The molecule has 1 amide bonds. The molecule has 1 aliphatic rings. The zero-order valence-electron chi connectivity index (χ0n) is 13.9. The topological polar surface area (TPSA) is 73.6 Å². The van der Waals surface area contributed by atoms with Gasteiger partial charge in [0.2, 0.25) is 6.79 Å². The highest BCUT2D eigenvalue weighted by molar-refractivity contribution is 6.00. The second-order valence-electron chi connectivity index (χ2n) is 5.84. The van der Waals surface area contributed by atoms with E-state index in [1.165, 1.54) is 12.1 Å². The number of aryl methyl sites for hydroxylation is 1. The molecule has 26 heavy (non-hydrogen) atoms. The van der Waals surface area contributed by atoms with Crippen molar-refractivity contribution in [3.63, 3.8) is 0 Å². The third kappa shape index (κ3) is 2.99. The number of hydrogen-bond donors (Lipinski definition) is 1. The summed E-state index contributed by atoms with van der Waals surface area (Å²) < 4.78 is 29.2. The lowest BCUT2D eigenvalue weighted by Crippen LogP contribution is -2.23. The normalized spacial score (nSPS) is 12.2. The molecule has 0 radical (unpaired) electrons. The molecule has 1 aromatic heterocycles. The van der Waals surface area contributed by atoms with Crippen LogP contribution in [0, 0.1) is 12.7 Å². The van der Waals surface area contributed by atoms with Gasteiger partial charge >= 0.3 is 0 Å². The molecule has 0 spiro atoms. The van der Waals surface area contributed by atoms with Crippen LogP contribution < -0.4 is 14.8 Å². The molecule has 0 aliphatic carbocycles. The van der Waals surface area contributed by atoms with Crippen molar-refractivity contribution < 1.29 is 23.2 Å². The first-order chi connectivity index (χ1) is 12.6. The molecule has 0 saturated heterocycles. The van der Waals surface area contributed by atoms with Gasteiger partial charge in [0.1, 0.15) is 22.8 Å². The molecule has 6 nitrogen and oxygen atoms in total. The van der Waals surface area contributed by atoms with Crippen LogP contribution in [0.5, 0.6) is 11.5 Å². The first kappa shape index (κ1) is 16.1. The van der Waals surface area contributed by atoms with Crippen molar-refractivity contribution in [2.45, 2.75) is 13.5 Å². The van der Waals surface area contributed by atoms with Crippen LogP contribution in [0.2, 0.25) is 0 Å². The second kappa shape index (κ2) is 6.51. The fraction of sp³-hybridized carbons (Fsp3) is 0.158. The maximum absolute atomic E-state index is 13.5. The summed E-state index contributed by atoms with van der Waals surface area (Å²) in [5.74, 6) is 0.949. The van der Waals surface area contributed by atoms with Gasteiger partial charge in [-0.05, 0) is 36.8 Å². The first-order valence-electron chi connectivity index (χ1n) is 8.01. The van der Waals surface area contributed by atoms with Crippen molar-refractivity contribution in [2.75, 3.05) is 6.79 Å². The van der Waals surface area contributed by atoms with Crippen LogP contribution in [-0.4, -0.2) is 17.9 Å².